The molecule has 1 saturated carbocycles. The summed E-state index contributed by atoms with van der Waals surface area (Å²) in [6.07, 6.45) is -0.911. The molecule has 3 aliphatic heterocycles. The first-order chi connectivity index (χ1) is 28.2. The number of piperidine rings is 1. The van der Waals surface area contributed by atoms with Gasteiger partial charge in [-0.25, -0.2) is 29.7 Å². The van der Waals surface area contributed by atoms with E-state index >= 15 is 0 Å². The third-order valence-electron chi connectivity index (χ3n) is 11.0. The number of nitrogens with one attached hydrogen (secondary N) is 3. The van der Waals surface area contributed by atoms with E-state index in [1.807, 2.05) is 17.0 Å². The Bertz CT molecular complexity index is 2330. The molecule has 2 aromatic carbocycles. The molecule has 59 heavy (non-hydrogen) atoms. The zero-order chi connectivity index (χ0) is 41.6. The average molecular weight is 816 g/mol. The molecule has 2 fully saturated rings. The molecule has 1 aliphatic carbocycles. The maximum absolute atomic E-state index is 14.1. The largest absolute Gasteiger partial charge is 0.624 e. The molecule has 16 nitrogen and oxygen atoms in total. The predicted molar refractivity (Wildman–Crippen MR) is 210 cm³/mol. The van der Waals surface area contributed by atoms with E-state index in [0.717, 1.165) is 30.3 Å². The van der Waals surface area contributed by atoms with Gasteiger partial charge >= 0.3 is 12.1 Å². The zero-order valence-corrected chi connectivity index (χ0v) is 32.7. The molecule has 4 N–H and O–H groups in total. The first-order valence-corrected chi connectivity index (χ1v) is 19.5. The van der Waals surface area contributed by atoms with Gasteiger partial charge in [-0.1, -0.05) is 30.3 Å². The zero-order valence-electron chi connectivity index (χ0n) is 32.7. The van der Waals surface area contributed by atoms with Crippen LogP contribution in [0.2, 0.25) is 0 Å². The summed E-state index contributed by atoms with van der Waals surface area (Å²) in [5.74, 6) is 0.502. The molecular weight excluding hydrogens is 772 g/mol. The number of hydrogen-bond acceptors (Lipinski definition) is 13. The van der Waals surface area contributed by atoms with Gasteiger partial charge in [0.25, 0.3) is 5.91 Å². The molecule has 3 atom stereocenters. The second kappa shape index (κ2) is 15.7. The highest BCUT2D eigenvalue weighted by Gasteiger charge is 2.50. The SMILES string of the molecule is COc1ncnc(C2CC2)c1C1=NCN=C(N(CCNc2cccc3c2C[N+]([O-])(C2CCC(O)NC2=O)C3=O)Cc2ccc(-c3nc(C(F)(F)F)cn3C(C)C)cc2)N1. The van der Waals surface area contributed by atoms with E-state index in [1.54, 1.807) is 44.2 Å². The Morgan fingerprint density at radius 1 is 1.08 bits per heavy atom. The quantitative estimate of drug-likeness (QED) is 0.115. The number of carbonyl (C=O) groups excluding carboxylic acids is 2. The number of aliphatic hydroxyl groups is 1. The summed E-state index contributed by atoms with van der Waals surface area (Å²) < 4.78 is 46.7. The van der Waals surface area contributed by atoms with Gasteiger partial charge in [-0.2, -0.15) is 13.2 Å². The molecule has 5 heterocycles. The lowest BCUT2D eigenvalue weighted by Crippen LogP contribution is -2.61. The van der Waals surface area contributed by atoms with Gasteiger partial charge in [0.15, 0.2) is 11.7 Å². The van der Waals surface area contributed by atoms with Gasteiger partial charge in [0.1, 0.15) is 43.0 Å². The Hall–Kier alpha value is -5.92. The smallest absolute Gasteiger partial charge is 0.434 e. The van der Waals surface area contributed by atoms with Crippen molar-refractivity contribution >= 4 is 29.3 Å². The second-order valence-corrected chi connectivity index (χ2v) is 15.4. The van der Waals surface area contributed by atoms with Crippen LogP contribution in [0.3, 0.4) is 0 Å². The molecule has 2 aromatic heterocycles. The van der Waals surface area contributed by atoms with Gasteiger partial charge in [-0.05, 0) is 50.8 Å². The number of aliphatic hydroxyl groups excluding tert-OH is 1. The summed E-state index contributed by atoms with van der Waals surface area (Å²) in [4.78, 5) is 50.5. The number of nitrogens with zero attached hydrogens (tertiary/aromatic N) is 8. The number of hydrogen-bond donors (Lipinski definition) is 4. The fourth-order valence-electron chi connectivity index (χ4n) is 7.87. The van der Waals surface area contributed by atoms with Crippen LogP contribution in [0, 0.1) is 5.21 Å². The number of ether oxygens (including phenoxy) is 1. The molecule has 310 valence electrons. The molecule has 0 radical (unpaired) electrons. The van der Waals surface area contributed by atoms with Gasteiger partial charge in [0.05, 0.1) is 18.4 Å². The summed E-state index contributed by atoms with van der Waals surface area (Å²) in [6.45, 7) is 4.45. The highest BCUT2D eigenvalue weighted by Crippen LogP contribution is 2.42. The third kappa shape index (κ3) is 7.84. The summed E-state index contributed by atoms with van der Waals surface area (Å²) in [5.41, 5.74) is 3.22. The summed E-state index contributed by atoms with van der Waals surface area (Å²) in [5, 5.41) is 33.1. The van der Waals surface area contributed by atoms with E-state index in [-0.39, 0.29) is 49.4 Å². The maximum Gasteiger partial charge on any atom is 0.434 e. The van der Waals surface area contributed by atoms with Crippen molar-refractivity contribution in [2.75, 3.05) is 32.2 Å². The Morgan fingerprint density at radius 3 is 2.56 bits per heavy atom. The van der Waals surface area contributed by atoms with Crippen LogP contribution in [0.5, 0.6) is 5.88 Å². The predicted octanol–water partition coefficient (Wildman–Crippen LogP) is 4.67. The van der Waals surface area contributed by atoms with Crippen LogP contribution in [-0.2, 0) is 24.1 Å². The first kappa shape index (κ1) is 39.9. The Kier molecular flexibility index (Phi) is 10.6. The lowest BCUT2D eigenvalue weighted by Gasteiger charge is -2.43. The van der Waals surface area contributed by atoms with E-state index in [2.05, 4.69) is 35.9 Å². The van der Waals surface area contributed by atoms with Crippen LogP contribution in [0.4, 0.5) is 18.9 Å². The molecule has 19 heteroatoms. The minimum atomic E-state index is -4.59. The lowest BCUT2D eigenvalue weighted by atomic mass is 10.0. The summed E-state index contributed by atoms with van der Waals surface area (Å²) in [7, 11) is 1.54. The van der Waals surface area contributed by atoms with Crippen LogP contribution in [0.15, 0.2) is 65.0 Å². The number of guanidine groups is 1. The van der Waals surface area contributed by atoms with E-state index in [4.69, 9.17) is 9.73 Å². The number of amidine groups is 1. The highest BCUT2D eigenvalue weighted by atomic mass is 19.4. The number of fused-ring (bicyclic) bond motifs is 1. The maximum atomic E-state index is 14.1. The number of hydroxylamine groups is 3. The number of benzene rings is 2. The van der Waals surface area contributed by atoms with Crippen LogP contribution >= 0.6 is 0 Å². The number of imidazole rings is 1. The fourth-order valence-corrected chi connectivity index (χ4v) is 7.87. The topological polar surface area (TPSA) is 194 Å². The summed E-state index contributed by atoms with van der Waals surface area (Å²) >= 11 is 0. The number of rotatable bonds is 12. The number of methoxy groups -OCH3 is 1. The lowest BCUT2D eigenvalue weighted by molar-refractivity contribution is -0.825. The molecule has 0 bridgehead atoms. The van der Waals surface area contributed by atoms with E-state index in [0.29, 0.717) is 59.7 Å². The fraction of sp³-hybridized carbons (Fsp3) is 0.425. The van der Waals surface area contributed by atoms with Crippen LogP contribution in [0.1, 0.15) is 89.9 Å². The van der Waals surface area contributed by atoms with Gasteiger partial charge in [-0.3, -0.25) is 9.44 Å². The van der Waals surface area contributed by atoms with E-state index in [9.17, 15) is 33.1 Å². The standard InChI is InChI=1S/C40H44F3N11O5/c1-22(2)53-18-30(40(41,42)43)49-35(53)25-9-7-23(8-10-25)17-52(39-48-21-46-34(51-39)32-33(24-11-12-24)45-20-47-37(32)59-3)16-15-44-28-6-4-5-26-27(28)19-54(58,38(26)57)29-13-14-31(55)50-36(29)56/h4-10,18,20,22,24,29,31,44,55H,11-17,19,21H2,1-3H3,(H,50,56)(H,46,48,51). The minimum absolute atomic E-state index is 0.0774. The second-order valence-electron chi connectivity index (χ2n) is 15.4. The summed E-state index contributed by atoms with van der Waals surface area (Å²) in [6, 6.07) is 10.8. The van der Waals surface area contributed by atoms with Crippen molar-refractivity contribution < 1.29 is 37.3 Å². The van der Waals surface area contributed by atoms with Gasteiger partial charge in [0.2, 0.25) is 11.8 Å². The van der Waals surface area contributed by atoms with E-state index in [1.165, 1.54) is 18.0 Å². The van der Waals surface area contributed by atoms with Crippen molar-refractivity contribution in [1.82, 2.24) is 35.1 Å². The van der Waals surface area contributed by atoms with Crippen LogP contribution < -0.4 is 20.7 Å². The van der Waals surface area contributed by atoms with Crippen LogP contribution in [-0.4, -0.2) is 96.9 Å². The van der Waals surface area contributed by atoms with Crippen molar-refractivity contribution in [3.63, 3.8) is 0 Å². The number of alkyl halides is 3. The number of carbonyl (C=O) groups is 2. The number of aliphatic imine (C=N–C) groups is 2. The highest BCUT2D eigenvalue weighted by molar-refractivity contribution is 6.11. The number of aromatic nitrogens is 4. The Morgan fingerprint density at radius 2 is 1.86 bits per heavy atom. The first-order valence-electron chi connectivity index (χ1n) is 19.5. The van der Waals surface area contributed by atoms with Crippen molar-refractivity contribution in [1.29, 1.82) is 0 Å². The van der Waals surface area contributed by atoms with Crippen molar-refractivity contribution in [3.05, 3.63) is 93.8 Å². The van der Waals surface area contributed by atoms with Crippen LogP contribution in [0.25, 0.3) is 11.4 Å². The number of halogens is 3. The normalized spacial score (nSPS) is 21.7. The molecule has 4 aromatic rings. The minimum Gasteiger partial charge on any atom is -0.624 e. The van der Waals surface area contributed by atoms with Gasteiger partial charge < -0.3 is 40.5 Å². The monoisotopic (exact) mass is 815 g/mol. The molecule has 4 aliphatic rings. The molecule has 2 amide bonds. The van der Waals surface area contributed by atoms with E-state index < -0.39 is 40.6 Å². The van der Waals surface area contributed by atoms with Crippen molar-refractivity contribution in [2.24, 2.45) is 9.98 Å². The van der Waals surface area contributed by atoms with Crippen molar-refractivity contribution in [3.8, 4) is 17.3 Å². The number of anilines is 1. The third-order valence-corrected chi connectivity index (χ3v) is 11.0. The van der Waals surface area contributed by atoms with Gasteiger partial charge in [-0.15, -0.1) is 0 Å². The Balaban J connectivity index is 1.05. The molecule has 1 saturated heterocycles. The number of amides is 2. The Labute approximate surface area is 337 Å². The average Bonchev–Trinajstić information content (AvgIpc) is 3.89. The number of quaternary nitrogens is 1. The molecule has 3 unspecified atom stereocenters. The molecule has 0 spiro atoms. The van der Waals surface area contributed by atoms with Crippen molar-refractivity contribution in [2.45, 2.75) is 83.0 Å². The van der Waals surface area contributed by atoms with Gasteiger partial charge in [0, 0.05) is 61.0 Å². The molecular formula is C40H44F3N11O5. The molecule has 8 rings (SSSR count).